The summed E-state index contributed by atoms with van der Waals surface area (Å²) in [4.78, 5) is 19.8. The molecular formula is C27H39N3O5S. The number of hydrogen-bond acceptors (Lipinski definition) is 6. The average Bonchev–Trinajstić information content (AvgIpc) is 3.61. The van der Waals surface area contributed by atoms with Crippen LogP contribution in [0.25, 0.3) is 0 Å². The van der Waals surface area contributed by atoms with E-state index in [1.165, 1.54) is 0 Å². The Labute approximate surface area is 214 Å². The molecule has 4 rings (SSSR count). The van der Waals surface area contributed by atoms with Crippen molar-refractivity contribution in [3.05, 3.63) is 41.7 Å². The Morgan fingerprint density at radius 3 is 2.67 bits per heavy atom. The molecule has 9 heteroatoms. The van der Waals surface area contributed by atoms with Crippen LogP contribution in [0.15, 0.2) is 35.6 Å². The van der Waals surface area contributed by atoms with Crippen molar-refractivity contribution < 1.29 is 22.7 Å². The highest BCUT2D eigenvalue weighted by Gasteiger charge is 2.32. The largest absolute Gasteiger partial charge is 0.497 e. The predicted octanol–water partition coefficient (Wildman–Crippen LogP) is 4.22. The van der Waals surface area contributed by atoms with Crippen molar-refractivity contribution in [1.29, 1.82) is 0 Å². The minimum Gasteiger partial charge on any atom is -0.497 e. The van der Waals surface area contributed by atoms with E-state index in [1.54, 1.807) is 42.1 Å². The first-order valence-corrected chi connectivity index (χ1v) is 14.7. The normalized spacial score (nSPS) is 18.7. The van der Waals surface area contributed by atoms with Gasteiger partial charge in [-0.15, -0.1) is 0 Å². The Hall–Kier alpha value is -2.39. The molecule has 1 saturated heterocycles. The van der Waals surface area contributed by atoms with Gasteiger partial charge in [-0.25, -0.2) is 13.4 Å². The van der Waals surface area contributed by atoms with Gasteiger partial charge in [0.05, 0.1) is 37.4 Å². The van der Waals surface area contributed by atoms with E-state index in [2.05, 4.69) is 18.8 Å². The first-order chi connectivity index (χ1) is 17.3. The van der Waals surface area contributed by atoms with E-state index in [1.807, 2.05) is 4.90 Å². The number of benzene rings is 1. The highest BCUT2D eigenvalue weighted by molar-refractivity contribution is 7.90. The summed E-state index contributed by atoms with van der Waals surface area (Å²) < 4.78 is 39.9. The van der Waals surface area contributed by atoms with Crippen molar-refractivity contribution in [3.8, 4) is 5.75 Å². The van der Waals surface area contributed by atoms with Gasteiger partial charge in [-0.1, -0.05) is 38.8 Å². The van der Waals surface area contributed by atoms with Gasteiger partial charge in [0.15, 0.2) is 0 Å². The lowest BCUT2D eigenvalue weighted by Crippen LogP contribution is -2.40. The number of amides is 1. The first kappa shape index (κ1) is 26.7. The zero-order chi connectivity index (χ0) is 25.7. The van der Waals surface area contributed by atoms with Crippen LogP contribution in [-0.4, -0.2) is 55.1 Å². The van der Waals surface area contributed by atoms with Crippen LogP contribution >= 0.6 is 0 Å². The van der Waals surface area contributed by atoms with E-state index < -0.39 is 9.84 Å². The number of nitrogens with zero attached hydrogens (tertiary/aromatic N) is 3. The smallest absolute Gasteiger partial charge is 0.228 e. The van der Waals surface area contributed by atoms with Gasteiger partial charge in [-0.3, -0.25) is 4.79 Å². The number of aromatic nitrogens is 2. The molecule has 1 aliphatic heterocycles. The maximum atomic E-state index is 13.5. The van der Waals surface area contributed by atoms with Crippen LogP contribution < -0.4 is 4.74 Å². The number of imidazole rings is 1. The molecule has 1 unspecified atom stereocenters. The summed E-state index contributed by atoms with van der Waals surface area (Å²) in [5.41, 5.74) is 1.39. The molecule has 36 heavy (non-hydrogen) atoms. The van der Waals surface area contributed by atoms with E-state index in [-0.39, 0.29) is 34.8 Å². The zero-order valence-corrected chi connectivity index (χ0v) is 22.5. The van der Waals surface area contributed by atoms with Crippen LogP contribution in [0.3, 0.4) is 0 Å². The van der Waals surface area contributed by atoms with Gasteiger partial charge in [-0.2, -0.15) is 0 Å². The van der Waals surface area contributed by atoms with Crippen molar-refractivity contribution in [3.63, 3.8) is 0 Å². The fraction of sp³-hybridized carbons (Fsp3) is 0.630. The summed E-state index contributed by atoms with van der Waals surface area (Å²) in [7, 11) is -2.16. The molecule has 2 heterocycles. The van der Waals surface area contributed by atoms with Crippen molar-refractivity contribution in [2.45, 2.75) is 82.5 Å². The second-order valence-electron chi connectivity index (χ2n) is 10.5. The zero-order valence-electron chi connectivity index (χ0n) is 21.7. The average molecular weight is 518 g/mol. The van der Waals surface area contributed by atoms with Crippen molar-refractivity contribution in [2.75, 3.05) is 20.3 Å². The van der Waals surface area contributed by atoms with Crippen LogP contribution in [0, 0.1) is 11.8 Å². The molecule has 0 radical (unpaired) electrons. The van der Waals surface area contributed by atoms with Crippen molar-refractivity contribution >= 4 is 15.7 Å². The molecule has 1 aromatic carbocycles. The number of methoxy groups -OCH3 is 1. The summed E-state index contributed by atoms with van der Waals surface area (Å²) >= 11 is 0. The third kappa shape index (κ3) is 6.48. The molecule has 1 aromatic heterocycles. The highest BCUT2D eigenvalue weighted by Crippen LogP contribution is 2.29. The first-order valence-electron chi connectivity index (χ1n) is 13.1. The van der Waals surface area contributed by atoms with E-state index in [0.717, 1.165) is 50.8 Å². The monoisotopic (exact) mass is 517 g/mol. The summed E-state index contributed by atoms with van der Waals surface area (Å²) in [6, 6.07) is 7.09. The number of carbonyl (C=O) groups excluding carboxylic acids is 1. The van der Waals surface area contributed by atoms with Gasteiger partial charge in [0.2, 0.25) is 20.9 Å². The molecule has 198 valence electrons. The Morgan fingerprint density at radius 1 is 1.22 bits per heavy atom. The third-order valence-electron chi connectivity index (χ3n) is 7.04. The second-order valence-corrected chi connectivity index (χ2v) is 12.4. The molecule has 2 aliphatic rings. The molecule has 1 saturated carbocycles. The lowest BCUT2D eigenvalue weighted by Gasteiger charge is -2.28. The van der Waals surface area contributed by atoms with Gasteiger partial charge in [0.1, 0.15) is 5.75 Å². The number of carbonyl (C=O) groups is 1. The predicted molar refractivity (Wildman–Crippen MR) is 137 cm³/mol. The highest BCUT2D eigenvalue weighted by atomic mass is 32.2. The maximum absolute atomic E-state index is 13.5. The summed E-state index contributed by atoms with van der Waals surface area (Å²) in [6.45, 7) is 6.21. The van der Waals surface area contributed by atoms with Crippen LogP contribution in [0.4, 0.5) is 0 Å². The van der Waals surface area contributed by atoms with Gasteiger partial charge < -0.3 is 18.9 Å². The lowest BCUT2D eigenvalue weighted by molar-refractivity contribution is -0.137. The fourth-order valence-electron chi connectivity index (χ4n) is 5.27. The van der Waals surface area contributed by atoms with Gasteiger partial charge in [-0.05, 0) is 49.3 Å². The Balaban J connectivity index is 1.62. The van der Waals surface area contributed by atoms with Crippen LogP contribution in [-0.2, 0) is 38.2 Å². The number of rotatable bonds is 11. The van der Waals surface area contributed by atoms with E-state index in [4.69, 9.17) is 9.47 Å². The molecule has 1 atom stereocenters. The molecular weight excluding hydrogens is 478 g/mol. The maximum Gasteiger partial charge on any atom is 0.228 e. The standard InChI is InChI=1S/C27H39N3O5S/c1-20(2)16-30-23(15-28-27(30)36(32,33)19-21-8-6-11-24(14-21)34-3)17-29(18-25-12-7-13-35-25)26(31)22-9-4-5-10-22/h6,8,11,14-15,20,22,25H,4-5,7,9-10,12-13,16-19H2,1-3H3. The number of sulfone groups is 1. The summed E-state index contributed by atoms with van der Waals surface area (Å²) in [6.07, 6.45) is 7.63. The molecule has 2 aromatic rings. The molecule has 1 aliphatic carbocycles. The topological polar surface area (TPSA) is 90.7 Å². The molecule has 0 N–H and O–H groups in total. The van der Waals surface area contributed by atoms with E-state index in [0.29, 0.717) is 30.9 Å². The summed E-state index contributed by atoms with van der Waals surface area (Å²) in [5.74, 6) is 0.856. The van der Waals surface area contributed by atoms with Gasteiger partial charge in [0.25, 0.3) is 0 Å². The fourth-order valence-corrected chi connectivity index (χ4v) is 6.75. The number of hydrogen-bond donors (Lipinski definition) is 0. The van der Waals surface area contributed by atoms with Crippen molar-refractivity contribution in [2.24, 2.45) is 11.8 Å². The van der Waals surface area contributed by atoms with Crippen LogP contribution in [0.5, 0.6) is 5.75 Å². The van der Waals surface area contributed by atoms with Crippen LogP contribution in [0.1, 0.15) is 63.6 Å². The quantitative estimate of drug-likeness (QED) is 0.443. The van der Waals surface area contributed by atoms with Crippen LogP contribution in [0.2, 0.25) is 0 Å². The van der Waals surface area contributed by atoms with Gasteiger partial charge >= 0.3 is 0 Å². The molecule has 1 amide bonds. The van der Waals surface area contributed by atoms with E-state index in [9.17, 15) is 13.2 Å². The Kier molecular flexibility index (Phi) is 8.72. The molecule has 0 spiro atoms. The van der Waals surface area contributed by atoms with Gasteiger partial charge in [0, 0.05) is 25.6 Å². The summed E-state index contributed by atoms with van der Waals surface area (Å²) in [5, 5.41) is 0.0550. The minimum absolute atomic E-state index is 0.0353. The van der Waals surface area contributed by atoms with Crippen molar-refractivity contribution in [1.82, 2.24) is 14.5 Å². The Morgan fingerprint density at radius 2 is 2.00 bits per heavy atom. The minimum atomic E-state index is -3.72. The SMILES string of the molecule is COc1cccc(CS(=O)(=O)c2ncc(CN(CC3CCCO3)C(=O)C3CCCC3)n2CC(C)C)c1. The number of ether oxygens (including phenoxy) is 2. The lowest BCUT2D eigenvalue weighted by atomic mass is 10.1. The molecule has 8 nitrogen and oxygen atoms in total. The molecule has 0 bridgehead atoms. The van der Waals surface area contributed by atoms with E-state index >= 15 is 0 Å². The second kappa shape index (κ2) is 11.8. The Bertz CT molecular complexity index is 1130. The third-order valence-corrected chi connectivity index (χ3v) is 8.63. The molecule has 2 fully saturated rings.